The summed E-state index contributed by atoms with van der Waals surface area (Å²) in [7, 11) is 0. The molecule has 0 N–H and O–H groups in total. The molecule has 0 saturated heterocycles. The van der Waals surface area contributed by atoms with Gasteiger partial charge in [-0.3, -0.25) is 0 Å². The average Bonchev–Trinajstić information content (AvgIpc) is 2.03. The molecule has 1 aromatic rings. The Kier molecular flexibility index (Phi) is 3.23. The SMILES string of the molecule is FC(F)(Br)[C@@H](Br)c1ccccc1. The molecule has 1 atom stereocenters. The molecule has 0 unspecified atom stereocenters. The van der Waals surface area contributed by atoms with Gasteiger partial charge in [0.25, 0.3) is 0 Å². The number of hydrogen-bond acceptors (Lipinski definition) is 0. The van der Waals surface area contributed by atoms with Crippen LogP contribution >= 0.6 is 31.9 Å². The Labute approximate surface area is 86.2 Å². The van der Waals surface area contributed by atoms with Crippen molar-refractivity contribution in [2.75, 3.05) is 0 Å². The van der Waals surface area contributed by atoms with E-state index in [1.807, 2.05) is 0 Å². The van der Waals surface area contributed by atoms with Gasteiger partial charge in [0.05, 0.1) is 0 Å². The van der Waals surface area contributed by atoms with Crippen molar-refractivity contribution in [1.82, 2.24) is 0 Å². The van der Waals surface area contributed by atoms with Crippen LogP contribution in [0.5, 0.6) is 0 Å². The van der Waals surface area contributed by atoms with Crippen molar-refractivity contribution in [3.8, 4) is 0 Å². The van der Waals surface area contributed by atoms with E-state index < -0.39 is 9.66 Å². The fraction of sp³-hybridized carbons (Fsp3) is 0.250. The second-order valence-electron chi connectivity index (χ2n) is 2.31. The van der Waals surface area contributed by atoms with Crippen LogP contribution in [0.25, 0.3) is 0 Å². The maximum Gasteiger partial charge on any atom is 0.317 e. The quantitative estimate of drug-likeness (QED) is 0.721. The Hall–Kier alpha value is 0.0400. The molecule has 0 radical (unpaired) electrons. The molecule has 12 heavy (non-hydrogen) atoms. The minimum atomic E-state index is -2.91. The first kappa shape index (κ1) is 10.1. The summed E-state index contributed by atoms with van der Waals surface area (Å²) in [5.74, 6) is 0. The highest BCUT2D eigenvalue weighted by molar-refractivity contribution is 9.12. The Bertz CT molecular complexity index is 243. The number of halogens is 4. The van der Waals surface area contributed by atoms with Crippen LogP contribution in [0.2, 0.25) is 0 Å². The standard InChI is InChI=1S/C8H6Br2F2/c9-7(8(10,11)12)6-4-2-1-3-5-6/h1-5,7H/t7-/m0/s1. The molecule has 0 amide bonds. The number of alkyl halides is 4. The first-order valence-electron chi connectivity index (χ1n) is 3.27. The molecule has 0 aliphatic carbocycles. The average molecular weight is 300 g/mol. The largest absolute Gasteiger partial charge is 0.317 e. The maximum absolute atomic E-state index is 12.7. The number of rotatable bonds is 2. The van der Waals surface area contributed by atoms with E-state index in [2.05, 4.69) is 31.9 Å². The van der Waals surface area contributed by atoms with E-state index in [1.165, 1.54) is 0 Å². The Morgan fingerprint density at radius 3 is 2.08 bits per heavy atom. The van der Waals surface area contributed by atoms with Crippen LogP contribution in [0.4, 0.5) is 8.78 Å². The van der Waals surface area contributed by atoms with Crippen molar-refractivity contribution in [3.63, 3.8) is 0 Å². The first-order chi connectivity index (χ1) is 5.52. The van der Waals surface area contributed by atoms with Gasteiger partial charge >= 0.3 is 4.83 Å². The summed E-state index contributed by atoms with van der Waals surface area (Å²) < 4.78 is 25.3. The third-order valence-electron chi connectivity index (χ3n) is 1.38. The Morgan fingerprint density at radius 1 is 1.17 bits per heavy atom. The highest BCUT2D eigenvalue weighted by atomic mass is 79.9. The predicted molar refractivity (Wildman–Crippen MR) is 52.0 cm³/mol. The Balaban J connectivity index is 2.86. The van der Waals surface area contributed by atoms with Gasteiger partial charge in [-0.05, 0) is 21.5 Å². The molecule has 0 bridgehead atoms. The zero-order valence-corrected chi connectivity index (χ0v) is 9.15. The van der Waals surface area contributed by atoms with E-state index in [4.69, 9.17) is 0 Å². The molecule has 0 spiro atoms. The van der Waals surface area contributed by atoms with Gasteiger partial charge in [0.2, 0.25) is 0 Å². The van der Waals surface area contributed by atoms with Crippen LogP contribution in [0.3, 0.4) is 0 Å². The molecule has 0 heterocycles. The van der Waals surface area contributed by atoms with Crippen molar-refractivity contribution in [1.29, 1.82) is 0 Å². The van der Waals surface area contributed by atoms with Crippen LogP contribution in [0.1, 0.15) is 10.4 Å². The zero-order valence-electron chi connectivity index (χ0n) is 5.98. The van der Waals surface area contributed by atoms with E-state index >= 15 is 0 Å². The summed E-state index contributed by atoms with van der Waals surface area (Å²) >= 11 is 5.21. The molecule has 1 aromatic carbocycles. The smallest absolute Gasteiger partial charge is 0.192 e. The minimum absolute atomic E-state index is 0.555. The molecule has 0 saturated carbocycles. The van der Waals surface area contributed by atoms with Crippen molar-refractivity contribution in [2.24, 2.45) is 0 Å². The molecular weight excluding hydrogens is 294 g/mol. The van der Waals surface area contributed by atoms with Crippen LogP contribution in [-0.2, 0) is 0 Å². The normalized spacial score (nSPS) is 14.3. The van der Waals surface area contributed by atoms with Gasteiger partial charge in [0.15, 0.2) is 0 Å². The van der Waals surface area contributed by atoms with Gasteiger partial charge in [0.1, 0.15) is 4.83 Å². The van der Waals surface area contributed by atoms with Crippen molar-refractivity contribution in [3.05, 3.63) is 35.9 Å². The van der Waals surface area contributed by atoms with E-state index in [9.17, 15) is 8.78 Å². The van der Waals surface area contributed by atoms with Crippen LogP contribution in [0, 0.1) is 0 Å². The molecule has 1 rings (SSSR count). The molecule has 0 aliphatic rings. The summed E-state index contributed by atoms with van der Waals surface area (Å²) in [6.45, 7) is 0. The van der Waals surface area contributed by atoms with Gasteiger partial charge in [-0.1, -0.05) is 46.3 Å². The second kappa shape index (κ2) is 3.83. The fourth-order valence-corrected chi connectivity index (χ4v) is 1.38. The van der Waals surface area contributed by atoms with E-state index in [-0.39, 0.29) is 0 Å². The van der Waals surface area contributed by atoms with Crippen LogP contribution in [-0.4, -0.2) is 4.83 Å². The van der Waals surface area contributed by atoms with Crippen molar-refractivity contribution >= 4 is 31.9 Å². The summed E-state index contributed by atoms with van der Waals surface area (Å²) in [5, 5.41) is 0. The van der Waals surface area contributed by atoms with E-state index in [0.717, 1.165) is 0 Å². The highest BCUT2D eigenvalue weighted by Crippen LogP contribution is 2.42. The van der Waals surface area contributed by atoms with Gasteiger partial charge in [-0.15, -0.1) is 0 Å². The lowest BCUT2D eigenvalue weighted by Gasteiger charge is -2.15. The lowest BCUT2D eigenvalue weighted by atomic mass is 10.2. The van der Waals surface area contributed by atoms with Gasteiger partial charge < -0.3 is 0 Å². The topological polar surface area (TPSA) is 0 Å². The molecule has 66 valence electrons. The minimum Gasteiger partial charge on any atom is -0.192 e. The Morgan fingerprint density at radius 2 is 1.67 bits per heavy atom. The maximum atomic E-state index is 12.7. The van der Waals surface area contributed by atoms with Gasteiger partial charge in [-0.25, -0.2) is 0 Å². The van der Waals surface area contributed by atoms with Crippen molar-refractivity contribution < 1.29 is 8.78 Å². The molecule has 0 aliphatic heterocycles. The lowest BCUT2D eigenvalue weighted by molar-refractivity contribution is 0.114. The number of hydrogen-bond donors (Lipinski definition) is 0. The third-order valence-corrected chi connectivity index (χ3v) is 3.56. The first-order valence-corrected chi connectivity index (χ1v) is 4.98. The summed E-state index contributed by atoms with van der Waals surface area (Å²) in [6, 6.07) is 8.53. The molecule has 0 nitrogen and oxygen atoms in total. The van der Waals surface area contributed by atoms with Crippen molar-refractivity contribution in [2.45, 2.75) is 9.66 Å². The zero-order chi connectivity index (χ0) is 9.19. The summed E-state index contributed by atoms with van der Waals surface area (Å²) in [4.78, 5) is -3.89. The third kappa shape index (κ3) is 2.52. The summed E-state index contributed by atoms with van der Waals surface area (Å²) in [5.41, 5.74) is 0.555. The predicted octanol–water partition coefficient (Wildman–Crippen LogP) is 4.11. The molecule has 0 fully saturated rings. The van der Waals surface area contributed by atoms with Crippen LogP contribution < -0.4 is 0 Å². The van der Waals surface area contributed by atoms with E-state index in [0.29, 0.717) is 5.56 Å². The highest BCUT2D eigenvalue weighted by Gasteiger charge is 2.35. The van der Waals surface area contributed by atoms with Gasteiger partial charge in [0, 0.05) is 0 Å². The van der Waals surface area contributed by atoms with E-state index in [1.54, 1.807) is 30.3 Å². The second-order valence-corrected chi connectivity index (χ2v) is 4.29. The van der Waals surface area contributed by atoms with Gasteiger partial charge in [-0.2, -0.15) is 8.78 Å². The monoisotopic (exact) mass is 298 g/mol. The lowest BCUT2D eigenvalue weighted by Crippen LogP contribution is -2.12. The molecule has 0 aromatic heterocycles. The van der Waals surface area contributed by atoms with Crippen LogP contribution in [0.15, 0.2) is 30.3 Å². The fourth-order valence-electron chi connectivity index (χ4n) is 0.811. The molecule has 4 heteroatoms. The number of benzene rings is 1. The molecular formula is C8H6Br2F2. The summed E-state index contributed by atoms with van der Waals surface area (Å²) in [6.07, 6.45) is 0.